The van der Waals surface area contributed by atoms with Gasteiger partial charge in [0.05, 0.1) is 26.4 Å². The number of aliphatic hydroxyl groups is 1. The van der Waals surface area contributed by atoms with Crippen LogP contribution in [0.3, 0.4) is 0 Å². The van der Waals surface area contributed by atoms with Crippen molar-refractivity contribution in [3.8, 4) is 11.5 Å². The molecule has 0 saturated carbocycles. The van der Waals surface area contributed by atoms with Gasteiger partial charge in [0, 0.05) is 12.6 Å². The number of nitrogens with one attached hydrogen (secondary N) is 1. The molecule has 0 aromatic heterocycles. The Bertz CT molecular complexity index is 353. The van der Waals surface area contributed by atoms with Gasteiger partial charge < -0.3 is 24.6 Å². The first kappa shape index (κ1) is 16.8. The third-order valence-electron chi connectivity index (χ3n) is 2.63. The maximum atomic E-state index is 9.63. The summed E-state index contributed by atoms with van der Waals surface area (Å²) in [6.45, 7) is 5.83. The van der Waals surface area contributed by atoms with Crippen LogP contribution in [0.1, 0.15) is 13.8 Å². The van der Waals surface area contributed by atoms with Gasteiger partial charge in [-0.1, -0.05) is 13.8 Å². The predicted molar refractivity (Wildman–Crippen MR) is 78.5 cm³/mol. The minimum Gasteiger partial charge on any atom is -0.497 e. The Hall–Kier alpha value is -1.30. The first-order valence-corrected chi connectivity index (χ1v) is 6.88. The average Bonchev–Trinajstić information content (AvgIpc) is 2.45. The van der Waals surface area contributed by atoms with Gasteiger partial charge >= 0.3 is 0 Å². The summed E-state index contributed by atoms with van der Waals surface area (Å²) in [5, 5.41) is 12.8. The zero-order chi connectivity index (χ0) is 14.8. The van der Waals surface area contributed by atoms with E-state index in [0.717, 1.165) is 11.5 Å². The molecule has 0 aliphatic carbocycles. The molecule has 114 valence electrons. The van der Waals surface area contributed by atoms with Crippen molar-refractivity contribution >= 4 is 0 Å². The van der Waals surface area contributed by atoms with Crippen LogP contribution in [0.5, 0.6) is 11.5 Å². The normalized spacial score (nSPS) is 12.4. The third kappa shape index (κ3) is 7.33. The number of benzene rings is 1. The molecular weight excluding hydrogens is 258 g/mol. The van der Waals surface area contributed by atoms with Crippen LogP contribution < -0.4 is 14.8 Å². The van der Waals surface area contributed by atoms with Crippen molar-refractivity contribution in [2.45, 2.75) is 26.0 Å². The van der Waals surface area contributed by atoms with E-state index in [0.29, 0.717) is 32.4 Å². The van der Waals surface area contributed by atoms with Gasteiger partial charge in [0.25, 0.3) is 0 Å². The highest BCUT2D eigenvalue weighted by molar-refractivity contribution is 5.31. The summed E-state index contributed by atoms with van der Waals surface area (Å²) >= 11 is 0. The van der Waals surface area contributed by atoms with E-state index in [-0.39, 0.29) is 0 Å². The zero-order valence-corrected chi connectivity index (χ0v) is 12.5. The van der Waals surface area contributed by atoms with Crippen molar-refractivity contribution in [3.63, 3.8) is 0 Å². The molecule has 0 heterocycles. The van der Waals surface area contributed by atoms with Crippen LogP contribution in [0.25, 0.3) is 0 Å². The van der Waals surface area contributed by atoms with Crippen LogP contribution in [0, 0.1) is 0 Å². The van der Waals surface area contributed by atoms with E-state index < -0.39 is 6.10 Å². The summed E-state index contributed by atoms with van der Waals surface area (Å²) < 4.78 is 15.9. The first-order chi connectivity index (χ1) is 9.61. The van der Waals surface area contributed by atoms with Gasteiger partial charge in [0.1, 0.15) is 18.1 Å². The molecule has 5 nitrogen and oxygen atoms in total. The van der Waals surface area contributed by atoms with E-state index in [4.69, 9.17) is 14.2 Å². The van der Waals surface area contributed by atoms with Gasteiger partial charge in [0.15, 0.2) is 0 Å². The molecule has 1 atom stereocenters. The summed E-state index contributed by atoms with van der Waals surface area (Å²) in [6.07, 6.45) is -0.488. The van der Waals surface area contributed by atoms with Gasteiger partial charge in [-0.2, -0.15) is 0 Å². The molecule has 0 spiro atoms. The highest BCUT2D eigenvalue weighted by Gasteiger charge is 2.04. The molecule has 0 aliphatic heterocycles. The van der Waals surface area contributed by atoms with Crippen molar-refractivity contribution in [2.24, 2.45) is 0 Å². The topological polar surface area (TPSA) is 60.0 Å². The lowest BCUT2D eigenvalue weighted by molar-refractivity contribution is 0.0244. The largest absolute Gasteiger partial charge is 0.497 e. The molecule has 0 amide bonds. The van der Waals surface area contributed by atoms with E-state index in [9.17, 15) is 5.11 Å². The van der Waals surface area contributed by atoms with Crippen molar-refractivity contribution in [2.75, 3.05) is 33.5 Å². The molecule has 0 saturated heterocycles. The van der Waals surface area contributed by atoms with E-state index in [1.165, 1.54) is 0 Å². The molecule has 0 fully saturated rings. The summed E-state index contributed by atoms with van der Waals surface area (Å²) in [4.78, 5) is 0. The lowest BCUT2D eigenvalue weighted by Crippen LogP contribution is -2.34. The third-order valence-corrected chi connectivity index (χ3v) is 2.63. The van der Waals surface area contributed by atoms with Gasteiger partial charge in [0.2, 0.25) is 0 Å². The minimum atomic E-state index is -0.488. The summed E-state index contributed by atoms with van der Waals surface area (Å²) in [7, 11) is 1.63. The Morgan fingerprint density at radius 1 is 1.10 bits per heavy atom. The molecular formula is C15H25NO4. The number of ether oxygens (including phenoxy) is 3. The number of hydrogen-bond acceptors (Lipinski definition) is 5. The molecule has 20 heavy (non-hydrogen) atoms. The molecule has 2 N–H and O–H groups in total. The fourth-order valence-corrected chi connectivity index (χ4v) is 1.54. The highest BCUT2D eigenvalue weighted by Crippen LogP contribution is 2.16. The quantitative estimate of drug-likeness (QED) is 0.636. The fourth-order valence-electron chi connectivity index (χ4n) is 1.54. The smallest absolute Gasteiger partial charge is 0.119 e. The minimum absolute atomic E-state index is 0.311. The number of methoxy groups -OCH3 is 1. The van der Waals surface area contributed by atoms with Crippen LogP contribution in [0.15, 0.2) is 24.3 Å². The Kier molecular flexibility index (Phi) is 8.02. The Morgan fingerprint density at radius 3 is 2.35 bits per heavy atom. The first-order valence-electron chi connectivity index (χ1n) is 6.88. The second kappa shape index (κ2) is 9.58. The van der Waals surface area contributed by atoms with Gasteiger partial charge in [-0.15, -0.1) is 0 Å². The monoisotopic (exact) mass is 283 g/mol. The predicted octanol–water partition coefficient (Wildman–Crippen LogP) is 1.45. The van der Waals surface area contributed by atoms with Crippen molar-refractivity contribution < 1.29 is 19.3 Å². The van der Waals surface area contributed by atoms with E-state index in [1.807, 2.05) is 38.1 Å². The van der Waals surface area contributed by atoms with Crippen LogP contribution in [-0.2, 0) is 4.74 Å². The van der Waals surface area contributed by atoms with Crippen molar-refractivity contribution in [1.29, 1.82) is 0 Å². The average molecular weight is 283 g/mol. The van der Waals surface area contributed by atoms with E-state index >= 15 is 0 Å². The Labute approximate surface area is 120 Å². The standard InChI is InChI=1S/C15H25NO4/c1-12(2)16-10-13(17)11-19-8-9-20-15-6-4-14(18-3)5-7-15/h4-7,12-13,16-17H,8-11H2,1-3H3/t13-/m1/s1. The molecule has 0 bridgehead atoms. The number of aliphatic hydroxyl groups excluding tert-OH is 1. The van der Waals surface area contributed by atoms with Crippen molar-refractivity contribution in [3.05, 3.63) is 24.3 Å². The molecule has 0 aliphatic rings. The maximum absolute atomic E-state index is 9.63. The van der Waals surface area contributed by atoms with Crippen molar-refractivity contribution in [1.82, 2.24) is 5.32 Å². The van der Waals surface area contributed by atoms with Crippen LogP contribution in [0.4, 0.5) is 0 Å². The van der Waals surface area contributed by atoms with E-state index in [2.05, 4.69) is 5.32 Å². The fraction of sp³-hybridized carbons (Fsp3) is 0.600. The molecule has 1 aromatic rings. The van der Waals surface area contributed by atoms with Gasteiger partial charge in [-0.3, -0.25) is 0 Å². The molecule has 5 heteroatoms. The van der Waals surface area contributed by atoms with Crippen LogP contribution >= 0.6 is 0 Å². The zero-order valence-electron chi connectivity index (χ0n) is 12.5. The van der Waals surface area contributed by atoms with Gasteiger partial charge in [-0.25, -0.2) is 0 Å². The molecule has 1 rings (SSSR count). The van der Waals surface area contributed by atoms with Crippen LogP contribution in [0.2, 0.25) is 0 Å². The Balaban J connectivity index is 2.06. The van der Waals surface area contributed by atoms with E-state index in [1.54, 1.807) is 7.11 Å². The second-order valence-corrected chi connectivity index (χ2v) is 4.82. The lowest BCUT2D eigenvalue weighted by Gasteiger charge is -2.14. The molecule has 1 aromatic carbocycles. The Morgan fingerprint density at radius 2 is 1.75 bits per heavy atom. The number of rotatable bonds is 10. The summed E-state index contributed by atoms with van der Waals surface area (Å²) in [5.41, 5.74) is 0. The van der Waals surface area contributed by atoms with Crippen LogP contribution in [-0.4, -0.2) is 50.7 Å². The number of hydrogen-bond donors (Lipinski definition) is 2. The second-order valence-electron chi connectivity index (χ2n) is 4.82. The highest BCUT2D eigenvalue weighted by atomic mass is 16.5. The molecule has 0 unspecified atom stereocenters. The van der Waals surface area contributed by atoms with Gasteiger partial charge in [-0.05, 0) is 24.3 Å². The summed E-state index contributed by atoms with van der Waals surface area (Å²) in [6, 6.07) is 7.75. The summed E-state index contributed by atoms with van der Waals surface area (Å²) in [5.74, 6) is 1.57. The molecule has 0 radical (unpaired) electrons. The maximum Gasteiger partial charge on any atom is 0.119 e. The lowest BCUT2D eigenvalue weighted by atomic mass is 10.3. The SMILES string of the molecule is COc1ccc(OCCOC[C@H](O)CNC(C)C)cc1.